The highest BCUT2D eigenvalue weighted by atomic mass is 16.7. The zero-order chi connectivity index (χ0) is 26.9. The number of ether oxygens (including phenoxy) is 2. The number of pyridine rings is 1. The average Bonchev–Trinajstić information content (AvgIpc) is 3.62. The van der Waals surface area contributed by atoms with Gasteiger partial charge >= 0.3 is 0 Å². The zero-order valence-corrected chi connectivity index (χ0v) is 22.9. The Bertz CT molecular complexity index is 1540. The van der Waals surface area contributed by atoms with Crippen molar-refractivity contribution in [2.75, 3.05) is 6.79 Å². The van der Waals surface area contributed by atoms with Gasteiger partial charge in [-0.3, -0.25) is 9.69 Å². The maximum atomic E-state index is 13.4. The summed E-state index contributed by atoms with van der Waals surface area (Å²) in [5.74, 6) is 2.38. The minimum Gasteiger partial charge on any atom is -0.454 e. The number of rotatable bonds is 8. The topological polar surface area (TPSA) is 98.2 Å². The summed E-state index contributed by atoms with van der Waals surface area (Å²) in [5.41, 5.74) is 4.91. The maximum Gasteiger partial charge on any atom is 0.252 e. The van der Waals surface area contributed by atoms with Gasteiger partial charge < -0.3 is 14.5 Å². The molecule has 9 nitrogen and oxygen atoms in total. The number of fused-ring (bicyclic) bond motifs is 2. The van der Waals surface area contributed by atoms with Crippen LogP contribution in [0.1, 0.15) is 85.6 Å². The third-order valence-electron chi connectivity index (χ3n) is 8.39. The quantitative estimate of drug-likeness (QED) is 0.322. The molecule has 2 aromatic carbocycles. The number of aromatic amines is 1. The highest BCUT2D eigenvalue weighted by Crippen LogP contribution is 2.36. The molecule has 0 bridgehead atoms. The molecule has 1 atom stereocenters. The molecule has 1 aliphatic heterocycles. The van der Waals surface area contributed by atoms with Crippen LogP contribution in [0, 0.1) is 13.8 Å². The maximum absolute atomic E-state index is 13.4. The summed E-state index contributed by atoms with van der Waals surface area (Å²) in [6, 6.07) is 12.5. The molecule has 0 radical (unpaired) electrons. The van der Waals surface area contributed by atoms with Gasteiger partial charge in [0.15, 0.2) is 17.3 Å². The molecule has 0 amide bonds. The molecule has 9 heteroatoms. The lowest BCUT2D eigenvalue weighted by Gasteiger charge is -2.32. The van der Waals surface area contributed by atoms with Crippen LogP contribution >= 0.6 is 0 Å². The van der Waals surface area contributed by atoms with Crippen LogP contribution in [0.15, 0.2) is 41.2 Å². The molecule has 39 heavy (non-hydrogen) atoms. The van der Waals surface area contributed by atoms with Gasteiger partial charge in [-0.1, -0.05) is 44.4 Å². The lowest BCUT2D eigenvalue weighted by Crippen LogP contribution is -2.33. The Kier molecular flexibility index (Phi) is 7.08. The van der Waals surface area contributed by atoms with Crippen LogP contribution in [0.2, 0.25) is 0 Å². The van der Waals surface area contributed by atoms with E-state index >= 15 is 0 Å². The summed E-state index contributed by atoms with van der Waals surface area (Å²) in [6.07, 6.45) is 6.67. The Balaban J connectivity index is 1.38. The van der Waals surface area contributed by atoms with Gasteiger partial charge in [0.25, 0.3) is 5.56 Å². The van der Waals surface area contributed by atoms with Gasteiger partial charge in [0.2, 0.25) is 6.79 Å². The Hall–Kier alpha value is -3.72. The van der Waals surface area contributed by atoms with Gasteiger partial charge in [0.1, 0.15) is 0 Å². The van der Waals surface area contributed by atoms with E-state index in [0.717, 1.165) is 69.7 Å². The SMILES string of the molecule is CCC(c1nnnn1C1CCCCC1)N(Cc1ccc2c(c1)OCO2)Cc1cc2ccc(C)c(C)c2[nH]c1=O. The summed E-state index contributed by atoms with van der Waals surface area (Å²) < 4.78 is 13.2. The van der Waals surface area contributed by atoms with E-state index in [1.165, 1.54) is 19.3 Å². The fourth-order valence-corrected chi connectivity index (χ4v) is 6.07. The number of H-pyrrole nitrogens is 1. The first kappa shape index (κ1) is 25.6. The number of aryl methyl sites for hydroxylation is 2. The van der Waals surface area contributed by atoms with E-state index in [4.69, 9.17) is 9.47 Å². The Morgan fingerprint density at radius 3 is 2.69 bits per heavy atom. The molecule has 0 saturated heterocycles. The predicted octanol–water partition coefficient (Wildman–Crippen LogP) is 5.52. The molecule has 2 aliphatic rings. The number of hydrogen-bond acceptors (Lipinski definition) is 7. The van der Waals surface area contributed by atoms with E-state index < -0.39 is 0 Å². The molecule has 1 saturated carbocycles. The molecule has 4 aromatic rings. The van der Waals surface area contributed by atoms with Gasteiger partial charge in [-0.15, -0.1) is 5.10 Å². The molecule has 0 spiro atoms. The standard InChI is InChI=1S/C30H36N6O3/c1-4-25(29-32-33-34-36(29)24-8-6-5-7-9-24)35(16-21-11-13-26-27(14-21)39-18-38-26)17-23-15-22-12-10-19(2)20(3)28(22)31-30(23)37/h10-15,24-25H,4-9,16-18H2,1-3H3,(H,31,37). The van der Waals surface area contributed by atoms with Gasteiger partial charge in [0, 0.05) is 18.7 Å². The number of nitrogens with one attached hydrogen (secondary N) is 1. The Morgan fingerprint density at radius 1 is 1.05 bits per heavy atom. The number of nitrogens with zero attached hydrogens (tertiary/aromatic N) is 5. The molecular formula is C30H36N6O3. The predicted molar refractivity (Wildman–Crippen MR) is 149 cm³/mol. The van der Waals surface area contributed by atoms with Crippen LogP contribution in [0.3, 0.4) is 0 Å². The van der Waals surface area contributed by atoms with E-state index in [1.54, 1.807) is 0 Å². The van der Waals surface area contributed by atoms with E-state index in [1.807, 2.05) is 18.2 Å². The molecule has 3 heterocycles. The third kappa shape index (κ3) is 5.03. The zero-order valence-electron chi connectivity index (χ0n) is 22.9. The van der Waals surface area contributed by atoms with Gasteiger partial charge in [-0.05, 0) is 83.8 Å². The smallest absolute Gasteiger partial charge is 0.252 e. The van der Waals surface area contributed by atoms with Crippen molar-refractivity contribution in [3.8, 4) is 11.5 Å². The second-order valence-electron chi connectivity index (χ2n) is 10.9. The lowest BCUT2D eigenvalue weighted by molar-refractivity contribution is 0.155. The highest BCUT2D eigenvalue weighted by Gasteiger charge is 2.29. The van der Waals surface area contributed by atoms with Crippen molar-refractivity contribution in [1.29, 1.82) is 0 Å². The van der Waals surface area contributed by atoms with Gasteiger partial charge in [-0.25, -0.2) is 4.68 Å². The largest absolute Gasteiger partial charge is 0.454 e. The normalized spacial score (nSPS) is 16.3. The van der Waals surface area contributed by atoms with Crippen LogP contribution in [0.25, 0.3) is 10.9 Å². The van der Waals surface area contributed by atoms with Crippen molar-refractivity contribution in [2.45, 2.75) is 84.5 Å². The minimum absolute atomic E-state index is 0.0615. The molecule has 204 valence electrons. The lowest BCUT2D eigenvalue weighted by atomic mass is 9.95. The fourth-order valence-electron chi connectivity index (χ4n) is 6.07. The van der Waals surface area contributed by atoms with Crippen LogP contribution in [0.4, 0.5) is 0 Å². The van der Waals surface area contributed by atoms with E-state index in [2.05, 4.69) is 69.1 Å². The molecule has 2 aromatic heterocycles. The van der Waals surface area contributed by atoms with Crippen molar-refractivity contribution in [1.82, 2.24) is 30.1 Å². The first-order chi connectivity index (χ1) is 19.0. The minimum atomic E-state index is -0.0674. The molecule has 1 N–H and O–H groups in total. The summed E-state index contributed by atoms with van der Waals surface area (Å²) in [4.78, 5) is 18.9. The van der Waals surface area contributed by atoms with Crippen molar-refractivity contribution < 1.29 is 9.47 Å². The summed E-state index contributed by atoms with van der Waals surface area (Å²) in [7, 11) is 0. The number of aromatic nitrogens is 5. The monoisotopic (exact) mass is 528 g/mol. The van der Waals surface area contributed by atoms with Gasteiger partial charge in [0.05, 0.1) is 17.6 Å². The van der Waals surface area contributed by atoms with Crippen LogP contribution in [0.5, 0.6) is 11.5 Å². The van der Waals surface area contributed by atoms with E-state index in [9.17, 15) is 4.79 Å². The second kappa shape index (κ2) is 10.8. The van der Waals surface area contributed by atoms with Crippen molar-refractivity contribution in [3.63, 3.8) is 0 Å². The van der Waals surface area contributed by atoms with Crippen molar-refractivity contribution >= 4 is 10.9 Å². The Labute approximate surface area is 228 Å². The number of benzene rings is 2. The first-order valence-electron chi connectivity index (χ1n) is 14.0. The van der Waals surface area contributed by atoms with E-state index in [0.29, 0.717) is 19.1 Å². The molecule has 1 unspecified atom stereocenters. The fraction of sp³-hybridized carbons (Fsp3) is 0.467. The third-order valence-corrected chi connectivity index (χ3v) is 8.39. The number of tetrazole rings is 1. The summed E-state index contributed by atoms with van der Waals surface area (Å²) >= 11 is 0. The second-order valence-corrected chi connectivity index (χ2v) is 10.9. The van der Waals surface area contributed by atoms with Crippen LogP contribution < -0.4 is 15.0 Å². The van der Waals surface area contributed by atoms with Crippen LogP contribution in [-0.2, 0) is 13.1 Å². The average molecular weight is 529 g/mol. The van der Waals surface area contributed by atoms with Crippen LogP contribution in [-0.4, -0.2) is 36.9 Å². The van der Waals surface area contributed by atoms with E-state index in [-0.39, 0.29) is 18.4 Å². The number of hydrogen-bond donors (Lipinski definition) is 1. The Morgan fingerprint density at radius 2 is 1.87 bits per heavy atom. The molecule has 1 fully saturated rings. The van der Waals surface area contributed by atoms with Crippen molar-refractivity contribution in [2.24, 2.45) is 0 Å². The first-order valence-corrected chi connectivity index (χ1v) is 14.0. The molecule has 6 rings (SSSR count). The highest BCUT2D eigenvalue weighted by molar-refractivity contribution is 5.83. The van der Waals surface area contributed by atoms with Crippen molar-refractivity contribution in [3.05, 3.63) is 74.8 Å². The molecule has 1 aliphatic carbocycles. The molecular weight excluding hydrogens is 492 g/mol. The summed E-state index contributed by atoms with van der Waals surface area (Å²) in [6.45, 7) is 7.59. The van der Waals surface area contributed by atoms with Gasteiger partial charge in [-0.2, -0.15) is 0 Å². The summed E-state index contributed by atoms with van der Waals surface area (Å²) in [5, 5.41) is 14.2.